The molecule has 0 unspecified atom stereocenters. The minimum absolute atomic E-state index is 0.637. The molecule has 0 bridgehead atoms. The van der Waals surface area contributed by atoms with E-state index in [0.717, 1.165) is 28.6 Å². The van der Waals surface area contributed by atoms with E-state index in [9.17, 15) is 0 Å². The Labute approximate surface area is 120 Å². The van der Waals surface area contributed by atoms with Crippen LogP contribution in [0.1, 0.15) is 10.4 Å². The smallest absolute Gasteiger partial charge is 0.136 e. The van der Waals surface area contributed by atoms with Crippen LogP contribution in [0.5, 0.6) is 5.75 Å². The summed E-state index contributed by atoms with van der Waals surface area (Å²) in [6.45, 7) is 1.33. The molecule has 96 valence electrons. The average Bonchev–Trinajstić information content (AvgIpc) is 2.86. The highest BCUT2D eigenvalue weighted by molar-refractivity contribution is 9.10. The fourth-order valence-electron chi connectivity index (χ4n) is 1.78. The maximum atomic E-state index is 5.90. The molecule has 0 spiro atoms. The van der Waals surface area contributed by atoms with E-state index < -0.39 is 0 Å². The van der Waals surface area contributed by atoms with Crippen molar-refractivity contribution in [2.24, 2.45) is 5.73 Å². The molecule has 2 rings (SSSR count). The van der Waals surface area contributed by atoms with E-state index >= 15 is 0 Å². The maximum absolute atomic E-state index is 5.90. The Morgan fingerprint density at radius 2 is 2.06 bits per heavy atom. The third-order valence-electron chi connectivity index (χ3n) is 2.64. The molecule has 2 nitrogen and oxygen atoms in total. The van der Waals surface area contributed by atoms with Gasteiger partial charge in [0.25, 0.3) is 0 Å². The number of para-hydroxylation sites is 1. The fraction of sp³-hybridized carbons (Fsp3) is 0.286. The van der Waals surface area contributed by atoms with Gasteiger partial charge in [-0.15, -0.1) is 11.3 Å². The van der Waals surface area contributed by atoms with Crippen molar-refractivity contribution in [3.05, 3.63) is 50.6 Å². The predicted octanol–water partition coefficient (Wildman–Crippen LogP) is 3.63. The highest BCUT2D eigenvalue weighted by Crippen LogP contribution is 2.29. The number of thiophene rings is 1. The molecule has 18 heavy (non-hydrogen) atoms. The molecular formula is C14H16BrNOS. The summed E-state index contributed by atoms with van der Waals surface area (Å²) in [7, 11) is 0. The Balaban J connectivity index is 1.99. The van der Waals surface area contributed by atoms with Gasteiger partial charge in [0.2, 0.25) is 0 Å². The van der Waals surface area contributed by atoms with Gasteiger partial charge in [-0.05, 0) is 52.0 Å². The Bertz CT molecular complexity index is 485. The van der Waals surface area contributed by atoms with Gasteiger partial charge in [-0.25, -0.2) is 0 Å². The molecule has 2 aromatic rings. The summed E-state index contributed by atoms with van der Waals surface area (Å²) in [4.78, 5) is 1.35. The van der Waals surface area contributed by atoms with Crippen LogP contribution in [0.4, 0.5) is 0 Å². The topological polar surface area (TPSA) is 35.2 Å². The van der Waals surface area contributed by atoms with E-state index in [1.807, 2.05) is 12.1 Å². The summed E-state index contributed by atoms with van der Waals surface area (Å²) in [6, 6.07) is 10.3. The summed E-state index contributed by atoms with van der Waals surface area (Å²) in [5, 5.41) is 2.09. The molecule has 1 aromatic heterocycles. The summed E-state index contributed by atoms with van der Waals surface area (Å²) in [5.74, 6) is 0.930. The molecule has 0 fully saturated rings. The zero-order chi connectivity index (χ0) is 12.8. The quantitative estimate of drug-likeness (QED) is 0.880. The summed E-state index contributed by atoms with van der Waals surface area (Å²) >= 11 is 5.30. The SMILES string of the molecule is NCCc1cccc(Br)c1OCCc1cccs1. The fourth-order valence-corrected chi connectivity index (χ4v) is 2.99. The lowest BCUT2D eigenvalue weighted by Crippen LogP contribution is -2.07. The second-order valence-electron chi connectivity index (χ2n) is 3.94. The van der Waals surface area contributed by atoms with Crippen LogP contribution in [-0.4, -0.2) is 13.2 Å². The molecular weight excluding hydrogens is 310 g/mol. The number of nitrogens with two attached hydrogens (primary N) is 1. The number of ether oxygens (including phenoxy) is 1. The Kier molecular flexibility index (Phi) is 5.23. The van der Waals surface area contributed by atoms with Crippen molar-refractivity contribution in [3.8, 4) is 5.75 Å². The number of benzene rings is 1. The van der Waals surface area contributed by atoms with Crippen molar-refractivity contribution < 1.29 is 4.74 Å². The molecule has 0 saturated heterocycles. The van der Waals surface area contributed by atoms with Gasteiger partial charge < -0.3 is 10.5 Å². The van der Waals surface area contributed by atoms with Crippen LogP contribution in [-0.2, 0) is 12.8 Å². The molecule has 0 aliphatic rings. The zero-order valence-corrected chi connectivity index (χ0v) is 12.5. The van der Waals surface area contributed by atoms with Crippen molar-refractivity contribution in [1.82, 2.24) is 0 Å². The second kappa shape index (κ2) is 6.92. The lowest BCUT2D eigenvalue weighted by molar-refractivity contribution is 0.317. The highest BCUT2D eigenvalue weighted by Gasteiger charge is 2.07. The van der Waals surface area contributed by atoms with E-state index in [4.69, 9.17) is 10.5 Å². The molecule has 1 aromatic carbocycles. The van der Waals surface area contributed by atoms with Crippen LogP contribution in [0.3, 0.4) is 0 Å². The number of halogens is 1. The van der Waals surface area contributed by atoms with Crippen molar-refractivity contribution in [3.63, 3.8) is 0 Å². The Morgan fingerprint density at radius 3 is 2.78 bits per heavy atom. The summed E-state index contributed by atoms with van der Waals surface area (Å²) in [5.41, 5.74) is 6.78. The molecule has 0 radical (unpaired) electrons. The van der Waals surface area contributed by atoms with E-state index in [-0.39, 0.29) is 0 Å². The van der Waals surface area contributed by atoms with Crippen molar-refractivity contribution >= 4 is 27.3 Å². The van der Waals surface area contributed by atoms with Crippen LogP contribution in [0.2, 0.25) is 0 Å². The van der Waals surface area contributed by atoms with E-state index in [0.29, 0.717) is 13.2 Å². The number of hydrogen-bond acceptors (Lipinski definition) is 3. The monoisotopic (exact) mass is 325 g/mol. The molecule has 2 N–H and O–H groups in total. The van der Waals surface area contributed by atoms with Gasteiger partial charge in [0.15, 0.2) is 0 Å². The summed E-state index contributed by atoms with van der Waals surface area (Å²) in [6.07, 6.45) is 1.79. The highest BCUT2D eigenvalue weighted by atomic mass is 79.9. The first-order valence-corrected chi connectivity index (χ1v) is 7.61. The molecule has 1 heterocycles. The van der Waals surface area contributed by atoms with Gasteiger partial charge in [0, 0.05) is 11.3 Å². The lowest BCUT2D eigenvalue weighted by atomic mass is 10.1. The van der Waals surface area contributed by atoms with Gasteiger partial charge in [-0.3, -0.25) is 0 Å². The zero-order valence-electron chi connectivity index (χ0n) is 10.1. The first-order valence-electron chi connectivity index (χ1n) is 5.94. The van der Waals surface area contributed by atoms with Crippen molar-refractivity contribution in [2.45, 2.75) is 12.8 Å². The normalized spacial score (nSPS) is 10.6. The molecule has 0 amide bonds. The largest absolute Gasteiger partial charge is 0.492 e. The molecule has 4 heteroatoms. The lowest BCUT2D eigenvalue weighted by Gasteiger charge is -2.12. The third kappa shape index (κ3) is 3.57. The Morgan fingerprint density at radius 1 is 1.17 bits per heavy atom. The first kappa shape index (κ1) is 13.6. The van der Waals surface area contributed by atoms with Gasteiger partial charge in [-0.1, -0.05) is 18.2 Å². The minimum atomic E-state index is 0.637. The van der Waals surface area contributed by atoms with Gasteiger partial charge in [-0.2, -0.15) is 0 Å². The van der Waals surface area contributed by atoms with E-state index in [2.05, 4.69) is 39.5 Å². The van der Waals surface area contributed by atoms with Gasteiger partial charge >= 0.3 is 0 Å². The molecule has 0 atom stereocenters. The van der Waals surface area contributed by atoms with Crippen LogP contribution in [0.15, 0.2) is 40.2 Å². The van der Waals surface area contributed by atoms with E-state index in [1.165, 1.54) is 4.88 Å². The van der Waals surface area contributed by atoms with Crippen molar-refractivity contribution in [2.75, 3.05) is 13.2 Å². The van der Waals surface area contributed by atoms with Gasteiger partial charge in [0.05, 0.1) is 11.1 Å². The van der Waals surface area contributed by atoms with Crippen LogP contribution in [0.25, 0.3) is 0 Å². The minimum Gasteiger partial charge on any atom is -0.492 e. The second-order valence-corrected chi connectivity index (χ2v) is 5.83. The maximum Gasteiger partial charge on any atom is 0.136 e. The third-order valence-corrected chi connectivity index (χ3v) is 4.20. The van der Waals surface area contributed by atoms with Crippen LogP contribution >= 0.6 is 27.3 Å². The van der Waals surface area contributed by atoms with Gasteiger partial charge in [0.1, 0.15) is 5.75 Å². The predicted molar refractivity (Wildman–Crippen MR) is 80.4 cm³/mol. The van der Waals surface area contributed by atoms with E-state index in [1.54, 1.807) is 11.3 Å². The molecule has 0 saturated carbocycles. The number of hydrogen-bond donors (Lipinski definition) is 1. The summed E-state index contributed by atoms with van der Waals surface area (Å²) < 4.78 is 6.90. The van der Waals surface area contributed by atoms with Crippen LogP contribution < -0.4 is 10.5 Å². The standard InChI is InChI=1S/C14H16BrNOS/c15-13-5-1-3-11(6-8-16)14(13)17-9-7-12-4-2-10-18-12/h1-5,10H,6-9,16H2. The molecule has 0 aliphatic carbocycles. The van der Waals surface area contributed by atoms with Crippen molar-refractivity contribution in [1.29, 1.82) is 0 Å². The molecule has 0 aliphatic heterocycles. The number of rotatable bonds is 6. The first-order chi connectivity index (χ1) is 8.81. The Hall–Kier alpha value is -0.840. The van der Waals surface area contributed by atoms with Crippen LogP contribution in [0, 0.1) is 0 Å². The average molecular weight is 326 g/mol.